The van der Waals surface area contributed by atoms with Gasteiger partial charge in [-0.2, -0.15) is 5.10 Å². The first-order valence-electron chi connectivity index (χ1n) is 6.12. The number of nitrogens with zero attached hydrogens (tertiary/aromatic N) is 2. The zero-order valence-electron chi connectivity index (χ0n) is 11.1. The standard InChI is InChI=1S/C14H19N3O/c1-4-14-11(10-17(2)16-14)9-15-12-5-7-13(18-3)8-6-12/h5-8,10,15H,4,9H2,1-3H3. The first-order valence-corrected chi connectivity index (χ1v) is 6.12. The summed E-state index contributed by atoms with van der Waals surface area (Å²) in [5.74, 6) is 0.871. The van der Waals surface area contributed by atoms with E-state index in [1.54, 1.807) is 7.11 Å². The molecule has 0 bridgehead atoms. The molecular formula is C14H19N3O. The minimum atomic E-state index is 0.795. The number of hydrogen-bond acceptors (Lipinski definition) is 3. The van der Waals surface area contributed by atoms with E-state index in [0.29, 0.717) is 0 Å². The molecule has 1 aromatic carbocycles. The summed E-state index contributed by atoms with van der Waals surface area (Å²) in [6.45, 7) is 2.92. The van der Waals surface area contributed by atoms with Crippen LogP contribution in [-0.4, -0.2) is 16.9 Å². The molecule has 0 unspecified atom stereocenters. The summed E-state index contributed by atoms with van der Waals surface area (Å²) in [4.78, 5) is 0. The van der Waals surface area contributed by atoms with Crippen molar-refractivity contribution in [2.75, 3.05) is 12.4 Å². The zero-order valence-corrected chi connectivity index (χ0v) is 11.1. The lowest BCUT2D eigenvalue weighted by Gasteiger charge is -2.07. The van der Waals surface area contributed by atoms with Gasteiger partial charge in [-0.15, -0.1) is 0 Å². The van der Waals surface area contributed by atoms with Crippen LogP contribution in [0.15, 0.2) is 30.5 Å². The van der Waals surface area contributed by atoms with Crippen LogP contribution < -0.4 is 10.1 Å². The van der Waals surface area contributed by atoms with Crippen LogP contribution in [0.1, 0.15) is 18.2 Å². The first-order chi connectivity index (χ1) is 8.72. The SMILES string of the molecule is CCc1nn(C)cc1CNc1ccc(OC)cc1. The highest BCUT2D eigenvalue weighted by Gasteiger charge is 2.05. The van der Waals surface area contributed by atoms with Gasteiger partial charge in [0.1, 0.15) is 5.75 Å². The van der Waals surface area contributed by atoms with Crippen LogP contribution in [0.2, 0.25) is 0 Å². The minimum absolute atomic E-state index is 0.795. The Kier molecular flexibility index (Phi) is 3.87. The monoisotopic (exact) mass is 245 g/mol. The Hall–Kier alpha value is -1.97. The number of nitrogens with one attached hydrogen (secondary N) is 1. The molecule has 0 radical (unpaired) electrons. The summed E-state index contributed by atoms with van der Waals surface area (Å²) in [7, 11) is 3.63. The van der Waals surface area contributed by atoms with Crippen LogP contribution in [-0.2, 0) is 20.0 Å². The number of hydrogen-bond donors (Lipinski definition) is 1. The van der Waals surface area contributed by atoms with Crippen molar-refractivity contribution in [3.63, 3.8) is 0 Å². The second-order valence-electron chi connectivity index (χ2n) is 4.21. The molecule has 0 saturated heterocycles. The number of methoxy groups -OCH3 is 1. The van der Waals surface area contributed by atoms with Crippen LogP contribution in [0.25, 0.3) is 0 Å². The summed E-state index contributed by atoms with van der Waals surface area (Å²) in [5, 5.41) is 7.82. The van der Waals surface area contributed by atoms with Gasteiger partial charge < -0.3 is 10.1 Å². The van der Waals surface area contributed by atoms with Crippen molar-refractivity contribution in [3.8, 4) is 5.75 Å². The van der Waals surface area contributed by atoms with Crippen LogP contribution in [0.4, 0.5) is 5.69 Å². The number of aromatic nitrogens is 2. The number of benzene rings is 1. The molecule has 0 amide bonds. The van der Waals surface area contributed by atoms with E-state index in [0.717, 1.165) is 30.1 Å². The van der Waals surface area contributed by atoms with Gasteiger partial charge in [0.15, 0.2) is 0 Å². The Bertz CT molecular complexity index is 502. The summed E-state index contributed by atoms with van der Waals surface area (Å²) in [5.41, 5.74) is 3.48. The third-order valence-corrected chi connectivity index (χ3v) is 2.90. The van der Waals surface area contributed by atoms with Gasteiger partial charge in [-0.25, -0.2) is 0 Å². The zero-order chi connectivity index (χ0) is 13.0. The van der Waals surface area contributed by atoms with Gasteiger partial charge in [0.25, 0.3) is 0 Å². The maximum Gasteiger partial charge on any atom is 0.119 e. The van der Waals surface area contributed by atoms with E-state index in [1.165, 1.54) is 5.56 Å². The third kappa shape index (κ3) is 2.83. The van der Waals surface area contributed by atoms with Gasteiger partial charge in [0.05, 0.1) is 12.8 Å². The van der Waals surface area contributed by atoms with Gasteiger partial charge in [0, 0.05) is 31.0 Å². The van der Waals surface area contributed by atoms with E-state index in [2.05, 4.69) is 23.5 Å². The topological polar surface area (TPSA) is 39.1 Å². The minimum Gasteiger partial charge on any atom is -0.497 e. The summed E-state index contributed by atoms with van der Waals surface area (Å²) in [6.07, 6.45) is 3.02. The third-order valence-electron chi connectivity index (χ3n) is 2.90. The van der Waals surface area contributed by atoms with Crippen molar-refractivity contribution in [3.05, 3.63) is 41.7 Å². The highest BCUT2D eigenvalue weighted by Crippen LogP contribution is 2.16. The second kappa shape index (κ2) is 5.58. The van der Waals surface area contributed by atoms with Crippen molar-refractivity contribution in [2.24, 2.45) is 7.05 Å². The quantitative estimate of drug-likeness (QED) is 0.880. The Morgan fingerprint density at radius 2 is 2.00 bits per heavy atom. The van der Waals surface area contributed by atoms with E-state index in [-0.39, 0.29) is 0 Å². The van der Waals surface area contributed by atoms with E-state index in [9.17, 15) is 0 Å². The van der Waals surface area contributed by atoms with Crippen LogP contribution in [0, 0.1) is 0 Å². The van der Waals surface area contributed by atoms with Crippen LogP contribution >= 0.6 is 0 Å². The molecular weight excluding hydrogens is 226 g/mol. The smallest absolute Gasteiger partial charge is 0.119 e. The number of ether oxygens (including phenoxy) is 1. The molecule has 2 aromatic rings. The Balaban J connectivity index is 2.01. The molecule has 2 rings (SSSR count). The number of rotatable bonds is 5. The molecule has 4 heteroatoms. The van der Waals surface area contributed by atoms with Gasteiger partial charge in [0.2, 0.25) is 0 Å². The molecule has 1 N–H and O–H groups in total. The van der Waals surface area contributed by atoms with Crippen molar-refractivity contribution >= 4 is 5.69 Å². The highest BCUT2D eigenvalue weighted by atomic mass is 16.5. The van der Waals surface area contributed by atoms with Crippen molar-refractivity contribution in [2.45, 2.75) is 19.9 Å². The number of aryl methyl sites for hydroxylation is 2. The Morgan fingerprint density at radius 3 is 2.61 bits per heavy atom. The maximum atomic E-state index is 5.13. The van der Waals surface area contributed by atoms with Gasteiger partial charge in [-0.3, -0.25) is 4.68 Å². The van der Waals surface area contributed by atoms with E-state index >= 15 is 0 Å². The molecule has 1 heterocycles. The molecule has 0 fully saturated rings. The lowest BCUT2D eigenvalue weighted by Crippen LogP contribution is -2.00. The maximum absolute atomic E-state index is 5.13. The highest BCUT2D eigenvalue weighted by molar-refractivity contribution is 5.46. The van der Waals surface area contributed by atoms with Gasteiger partial charge in [-0.1, -0.05) is 6.92 Å². The second-order valence-corrected chi connectivity index (χ2v) is 4.21. The van der Waals surface area contributed by atoms with Crippen molar-refractivity contribution in [1.82, 2.24) is 9.78 Å². The van der Waals surface area contributed by atoms with E-state index in [4.69, 9.17) is 4.74 Å². The summed E-state index contributed by atoms with van der Waals surface area (Å²) < 4.78 is 7.00. The van der Waals surface area contributed by atoms with Crippen molar-refractivity contribution in [1.29, 1.82) is 0 Å². The molecule has 0 spiro atoms. The predicted octanol–water partition coefficient (Wildman–Crippen LogP) is 2.60. The first kappa shape index (κ1) is 12.5. The fourth-order valence-electron chi connectivity index (χ4n) is 1.94. The lowest BCUT2D eigenvalue weighted by atomic mass is 10.2. The lowest BCUT2D eigenvalue weighted by molar-refractivity contribution is 0.415. The Morgan fingerprint density at radius 1 is 1.28 bits per heavy atom. The van der Waals surface area contributed by atoms with Crippen molar-refractivity contribution < 1.29 is 4.74 Å². The molecule has 18 heavy (non-hydrogen) atoms. The molecule has 0 saturated carbocycles. The molecule has 4 nitrogen and oxygen atoms in total. The van der Waals surface area contributed by atoms with E-state index < -0.39 is 0 Å². The average Bonchev–Trinajstić information content (AvgIpc) is 2.77. The van der Waals surface area contributed by atoms with Crippen LogP contribution in [0.3, 0.4) is 0 Å². The average molecular weight is 245 g/mol. The largest absolute Gasteiger partial charge is 0.497 e. The normalized spacial score (nSPS) is 10.4. The molecule has 0 atom stereocenters. The summed E-state index contributed by atoms with van der Waals surface area (Å²) >= 11 is 0. The number of anilines is 1. The molecule has 0 aliphatic carbocycles. The molecule has 0 aliphatic rings. The summed E-state index contributed by atoms with van der Waals surface area (Å²) in [6, 6.07) is 7.93. The molecule has 96 valence electrons. The molecule has 1 aromatic heterocycles. The fraction of sp³-hybridized carbons (Fsp3) is 0.357. The fourth-order valence-corrected chi connectivity index (χ4v) is 1.94. The van der Waals surface area contributed by atoms with Crippen LogP contribution in [0.5, 0.6) is 5.75 Å². The van der Waals surface area contributed by atoms with Gasteiger partial charge >= 0.3 is 0 Å². The van der Waals surface area contributed by atoms with Gasteiger partial charge in [-0.05, 0) is 30.7 Å². The predicted molar refractivity (Wildman–Crippen MR) is 72.9 cm³/mol. The van der Waals surface area contributed by atoms with E-state index in [1.807, 2.05) is 36.0 Å². The molecule has 0 aliphatic heterocycles. The Labute approximate surface area is 108 Å².